The van der Waals surface area contributed by atoms with Crippen molar-refractivity contribution < 1.29 is 0 Å². The van der Waals surface area contributed by atoms with Crippen molar-refractivity contribution in [3.63, 3.8) is 0 Å². The summed E-state index contributed by atoms with van der Waals surface area (Å²) in [6.45, 7) is 4.67. The normalized spacial score (nSPS) is 41.2. The van der Waals surface area contributed by atoms with Crippen LogP contribution in [-0.4, -0.2) is 34.1 Å². The minimum Gasteiger partial charge on any atom is -0.309 e. The molecule has 0 radical (unpaired) electrons. The van der Waals surface area contributed by atoms with Crippen molar-refractivity contribution in [3.8, 4) is 0 Å². The molecule has 2 aliphatic rings. The zero-order valence-electron chi connectivity index (χ0n) is 9.87. The monoisotopic (exact) mass is 245 g/mol. The van der Waals surface area contributed by atoms with E-state index in [9.17, 15) is 0 Å². The maximum atomic E-state index is 3.92. The molecule has 0 aromatic rings. The van der Waals surface area contributed by atoms with Crippen LogP contribution in [0.2, 0.25) is 0 Å². The number of hydrogen-bond acceptors (Lipinski definition) is 3. The Morgan fingerprint density at radius 3 is 2.80 bits per heavy atom. The molecular weight excluding hydrogens is 222 g/mol. The van der Waals surface area contributed by atoms with E-state index in [-0.39, 0.29) is 0 Å². The third kappa shape index (κ3) is 3.07. The first-order valence-electron chi connectivity index (χ1n) is 6.30. The van der Waals surface area contributed by atoms with Crippen molar-refractivity contribution >= 4 is 23.5 Å². The van der Waals surface area contributed by atoms with Gasteiger partial charge in [-0.2, -0.15) is 23.5 Å². The van der Waals surface area contributed by atoms with E-state index >= 15 is 0 Å². The van der Waals surface area contributed by atoms with E-state index in [1.54, 1.807) is 0 Å². The summed E-state index contributed by atoms with van der Waals surface area (Å²) in [5.41, 5.74) is 0. The molecule has 0 aromatic heterocycles. The summed E-state index contributed by atoms with van der Waals surface area (Å²) < 4.78 is 0. The average Bonchev–Trinajstić information content (AvgIpc) is 2.80. The highest BCUT2D eigenvalue weighted by Gasteiger charge is 2.32. The van der Waals surface area contributed by atoms with Gasteiger partial charge in [-0.05, 0) is 30.8 Å². The van der Waals surface area contributed by atoms with Gasteiger partial charge in [-0.25, -0.2) is 0 Å². The Kier molecular flexibility index (Phi) is 4.71. The van der Waals surface area contributed by atoms with Crippen molar-refractivity contribution in [2.24, 2.45) is 0 Å². The summed E-state index contributed by atoms with van der Waals surface area (Å²) in [5.74, 6) is 2.63. The van der Waals surface area contributed by atoms with Gasteiger partial charge in [0.15, 0.2) is 0 Å². The second kappa shape index (κ2) is 5.83. The molecule has 1 saturated carbocycles. The summed E-state index contributed by atoms with van der Waals surface area (Å²) in [7, 11) is 0. The van der Waals surface area contributed by atoms with Gasteiger partial charge in [-0.3, -0.25) is 0 Å². The number of hydrogen-bond donors (Lipinski definition) is 1. The maximum Gasteiger partial charge on any atom is 0.0201 e. The van der Waals surface area contributed by atoms with Gasteiger partial charge in [0, 0.05) is 22.6 Å². The van der Waals surface area contributed by atoms with Gasteiger partial charge in [0.2, 0.25) is 0 Å². The van der Waals surface area contributed by atoms with Crippen LogP contribution in [0.5, 0.6) is 0 Å². The van der Waals surface area contributed by atoms with Gasteiger partial charge in [-0.1, -0.05) is 20.3 Å². The lowest BCUT2D eigenvalue weighted by Gasteiger charge is -2.26. The van der Waals surface area contributed by atoms with E-state index in [1.807, 2.05) is 0 Å². The van der Waals surface area contributed by atoms with Crippen LogP contribution in [0.15, 0.2) is 0 Å². The van der Waals surface area contributed by atoms with Crippen LogP contribution in [0.3, 0.4) is 0 Å². The third-order valence-electron chi connectivity index (χ3n) is 3.64. The molecule has 0 bridgehead atoms. The molecule has 3 heteroatoms. The highest BCUT2D eigenvalue weighted by molar-refractivity contribution is 8.00. The van der Waals surface area contributed by atoms with Crippen LogP contribution in [0, 0.1) is 0 Å². The van der Waals surface area contributed by atoms with Crippen molar-refractivity contribution in [2.75, 3.05) is 11.5 Å². The zero-order valence-corrected chi connectivity index (χ0v) is 11.5. The lowest BCUT2D eigenvalue weighted by atomic mass is 10.1. The first kappa shape index (κ1) is 12.1. The molecule has 4 unspecified atom stereocenters. The SMILES string of the molecule is CCSC1CCCC1NC1CCSC1C. The fraction of sp³-hybridized carbons (Fsp3) is 1.00. The molecule has 0 aromatic carbocycles. The Hall–Kier alpha value is 0.660. The fourth-order valence-electron chi connectivity index (χ4n) is 2.76. The van der Waals surface area contributed by atoms with Crippen molar-refractivity contribution in [2.45, 2.75) is 62.1 Å². The average molecular weight is 245 g/mol. The minimum absolute atomic E-state index is 0.790. The summed E-state index contributed by atoms with van der Waals surface area (Å²) in [6, 6.07) is 1.60. The lowest BCUT2D eigenvalue weighted by molar-refractivity contribution is 0.434. The zero-order chi connectivity index (χ0) is 10.7. The standard InChI is InChI=1S/C12H23NS2/c1-3-14-12-6-4-5-11(12)13-10-7-8-15-9(10)2/h9-13H,3-8H2,1-2H3. The lowest BCUT2D eigenvalue weighted by Crippen LogP contribution is -2.44. The Morgan fingerprint density at radius 1 is 1.27 bits per heavy atom. The highest BCUT2D eigenvalue weighted by atomic mass is 32.2. The van der Waals surface area contributed by atoms with Crippen LogP contribution >= 0.6 is 23.5 Å². The molecule has 1 aliphatic heterocycles. The van der Waals surface area contributed by atoms with E-state index in [2.05, 4.69) is 42.7 Å². The topological polar surface area (TPSA) is 12.0 Å². The van der Waals surface area contributed by atoms with Gasteiger partial charge < -0.3 is 5.32 Å². The molecular formula is C12H23NS2. The summed E-state index contributed by atoms with van der Waals surface area (Å²) in [6.07, 6.45) is 5.66. The third-order valence-corrected chi connectivity index (χ3v) is 6.29. The quantitative estimate of drug-likeness (QED) is 0.817. The summed E-state index contributed by atoms with van der Waals surface area (Å²) in [5, 5.41) is 5.65. The number of rotatable bonds is 4. The van der Waals surface area contributed by atoms with E-state index < -0.39 is 0 Å². The number of thioether (sulfide) groups is 2. The smallest absolute Gasteiger partial charge is 0.0201 e. The van der Waals surface area contributed by atoms with Crippen LogP contribution in [-0.2, 0) is 0 Å². The first-order valence-corrected chi connectivity index (χ1v) is 8.40. The highest BCUT2D eigenvalue weighted by Crippen LogP contribution is 2.33. The first-order chi connectivity index (χ1) is 7.31. The molecule has 1 saturated heterocycles. The Balaban J connectivity index is 1.82. The molecule has 1 N–H and O–H groups in total. The van der Waals surface area contributed by atoms with Crippen LogP contribution in [0.25, 0.3) is 0 Å². The predicted octanol–water partition coefficient (Wildman–Crippen LogP) is 3.14. The molecule has 0 amide bonds. The molecule has 1 nitrogen and oxygen atoms in total. The molecule has 1 heterocycles. The summed E-state index contributed by atoms with van der Waals surface area (Å²) in [4.78, 5) is 0. The molecule has 2 fully saturated rings. The minimum atomic E-state index is 0.790. The summed E-state index contributed by atoms with van der Waals surface area (Å²) >= 11 is 4.30. The van der Waals surface area contributed by atoms with Gasteiger partial charge in [-0.15, -0.1) is 0 Å². The maximum absolute atomic E-state index is 3.92. The Bertz CT molecular complexity index is 198. The van der Waals surface area contributed by atoms with Gasteiger partial charge >= 0.3 is 0 Å². The van der Waals surface area contributed by atoms with E-state index in [4.69, 9.17) is 0 Å². The second-order valence-corrected chi connectivity index (χ2v) is 7.67. The van der Waals surface area contributed by atoms with E-state index in [0.717, 1.165) is 22.6 Å². The molecule has 88 valence electrons. The largest absolute Gasteiger partial charge is 0.309 e. The molecule has 0 spiro atoms. The fourth-order valence-corrected chi connectivity index (χ4v) is 5.17. The molecule has 1 aliphatic carbocycles. The molecule has 2 rings (SSSR count). The van der Waals surface area contributed by atoms with Crippen molar-refractivity contribution in [3.05, 3.63) is 0 Å². The van der Waals surface area contributed by atoms with Crippen molar-refractivity contribution in [1.29, 1.82) is 0 Å². The van der Waals surface area contributed by atoms with Crippen LogP contribution in [0.1, 0.15) is 39.5 Å². The van der Waals surface area contributed by atoms with E-state index in [1.165, 1.54) is 37.2 Å². The van der Waals surface area contributed by atoms with Crippen LogP contribution < -0.4 is 5.32 Å². The van der Waals surface area contributed by atoms with Gasteiger partial charge in [0.25, 0.3) is 0 Å². The van der Waals surface area contributed by atoms with E-state index in [0.29, 0.717) is 0 Å². The van der Waals surface area contributed by atoms with Gasteiger partial charge in [0.05, 0.1) is 0 Å². The Labute approximate surface area is 103 Å². The van der Waals surface area contributed by atoms with Crippen molar-refractivity contribution in [1.82, 2.24) is 5.32 Å². The van der Waals surface area contributed by atoms with Crippen LogP contribution in [0.4, 0.5) is 0 Å². The Morgan fingerprint density at radius 2 is 2.13 bits per heavy atom. The second-order valence-electron chi connectivity index (χ2n) is 4.67. The number of nitrogens with one attached hydrogen (secondary N) is 1. The molecule has 15 heavy (non-hydrogen) atoms. The van der Waals surface area contributed by atoms with Gasteiger partial charge in [0.1, 0.15) is 0 Å². The predicted molar refractivity (Wildman–Crippen MR) is 73.0 cm³/mol. The molecule has 4 atom stereocenters.